The minimum absolute atomic E-state index is 0.123. The van der Waals surface area contributed by atoms with Crippen molar-refractivity contribution in [3.05, 3.63) is 93.8 Å². The fraction of sp³-hybridized carbons (Fsp3) is 0.214. The van der Waals surface area contributed by atoms with E-state index in [0.717, 1.165) is 23.1 Å². The molecule has 0 bridgehead atoms. The summed E-state index contributed by atoms with van der Waals surface area (Å²) in [4.78, 5) is 26.4. The Labute approximate surface area is 203 Å². The molecule has 1 aromatic heterocycles. The molecule has 0 aliphatic carbocycles. The first-order valence-electron chi connectivity index (χ1n) is 11.7. The average Bonchev–Trinajstić information content (AvgIpc) is 3.33. The summed E-state index contributed by atoms with van der Waals surface area (Å²) >= 11 is 0. The number of hydrogen-bond acceptors (Lipinski definition) is 5. The van der Waals surface area contributed by atoms with E-state index in [1.165, 1.54) is 10.1 Å². The van der Waals surface area contributed by atoms with E-state index in [1.807, 2.05) is 55.5 Å². The number of carbonyl (C=O) groups is 1. The van der Waals surface area contributed by atoms with Crippen LogP contribution in [0.4, 0.5) is 11.4 Å². The third-order valence-electron chi connectivity index (χ3n) is 6.14. The van der Waals surface area contributed by atoms with Crippen molar-refractivity contribution in [2.45, 2.75) is 33.4 Å². The van der Waals surface area contributed by atoms with Crippen LogP contribution in [0.3, 0.4) is 0 Å². The normalized spacial score (nSPS) is 12.1. The number of pyridine rings is 1. The molecular weight excluding hydrogens is 442 g/mol. The molecule has 0 spiro atoms. The molecule has 0 fully saturated rings. The van der Waals surface area contributed by atoms with Crippen LogP contribution >= 0.6 is 0 Å². The van der Waals surface area contributed by atoms with Gasteiger partial charge in [-0.3, -0.25) is 14.2 Å². The third kappa shape index (κ3) is 4.84. The van der Waals surface area contributed by atoms with E-state index in [0.29, 0.717) is 34.8 Å². The smallest absolute Gasteiger partial charge is 0.256 e. The molecule has 0 saturated heterocycles. The van der Waals surface area contributed by atoms with Crippen LogP contribution < -0.4 is 25.7 Å². The molecule has 3 aromatic carbocycles. The number of nitrogens with zero attached hydrogens (tertiary/aromatic N) is 1. The van der Waals surface area contributed by atoms with Gasteiger partial charge in [0.25, 0.3) is 5.56 Å². The van der Waals surface area contributed by atoms with Crippen molar-refractivity contribution in [1.82, 2.24) is 4.57 Å². The Balaban J connectivity index is 1.47. The van der Waals surface area contributed by atoms with Crippen molar-refractivity contribution in [1.29, 1.82) is 0 Å². The maximum Gasteiger partial charge on any atom is 0.256 e. The number of amides is 1. The van der Waals surface area contributed by atoms with Crippen LogP contribution in [0.15, 0.2) is 71.5 Å². The number of anilines is 2. The van der Waals surface area contributed by atoms with E-state index in [9.17, 15) is 9.59 Å². The molecule has 1 aliphatic heterocycles. The number of nitrogens with one attached hydrogen (secondary N) is 2. The van der Waals surface area contributed by atoms with Crippen LogP contribution in [-0.2, 0) is 24.3 Å². The first-order valence-corrected chi connectivity index (χ1v) is 11.7. The molecule has 7 heteroatoms. The SMILES string of the molecule is CCc1ccc(NCc2cc3cc4c(cc3n(CC(=O)Nc3ccc(C)cc3)c2=O)OCO4)cc1. The Kier molecular flexibility index (Phi) is 6.14. The Morgan fingerprint density at radius 1 is 0.943 bits per heavy atom. The van der Waals surface area contributed by atoms with Gasteiger partial charge in [0.2, 0.25) is 12.7 Å². The van der Waals surface area contributed by atoms with Crippen molar-refractivity contribution < 1.29 is 14.3 Å². The lowest BCUT2D eigenvalue weighted by Gasteiger charge is -2.15. The summed E-state index contributed by atoms with van der Waals surface area (Å²) in [5, 5.41) is 7.01. The lowest BCUT2D eigenvalue weighted by Crippen LogP contribution is -2.30. The molecule has 0 atom stereocenters. The Morgan fingerprint density at radius 3 is 2.34 bits per heavy atom. The summed E-state index contributed by atoms with van der Waals surface area (Å²) < 4.78 is 12.5. The van der Waals surface area contributed by atoms with E-state index in [-0.39, 0.29) is 24.8 Å². The number of carbonyl (C=O) groups excluding carboxylic acids is 1. The van der Waals surface area contributed by atoms with Crippen LogP contribution in [0.2, 0.25) is 0 Å². The van der Waals surface area contributed by atoms with Gasteiger partial charge in [0.15, 0.2) is 11.5 Å². The number of hydrogen-bond donors (Lipinski definition) is 2. The van der Waals surface area contributed by atoms with Gasteiger partial charge in [-0.15, -0.1) is 0 Å². The van der Waals surface area contributed by atoms with Gasteiger partial charge in [-0.2, -0.15) is 0 Å². The van der Waals surface area contributed by atoms with Crippen LogP contribution in [0.25, 0.3) is 10.9 Å². The lowest BCUT2D eigenvalue weighted by molar-refractivity contribution is -0.116. The van der Waals surface area contributed by atoms with E-state index in [2.05, 4.69) is 29.7 Å². The molecule has 0 unspecified atom stereocenters. The van der Waals surface area contributed by atoms with Gasteiger partial charge >= 0.3 is 0 Å². The monoisotopic (exact) mass is 469 g/mol. The number of ether oxygens (including phenoxy) is 2. The minimum Gasteiger partial charge on any atom is -0.454 e. The summed E-state index contributed by atoms with van der Waals surface area (Å²) in [6.07, 6.45) is 0.969. The number of rotatable bonds is 7. The first-order chi connectivity index (χ1) is 17.0. The molecule has 0 radical (unpaired) electrons. The van der Waals surface area contributed by atoms with Crippen molar-refractivity contribution >= 4 is 28.2 Å². The van der Waals surface area contributed by atoms with Crippen LogP contribution in [-0.4, -0.2) is 17.3 Å². The maximum atomic E-state index is 13.5. The molecule has 0 saturated carbocycles. The zero-order valence-electron chi connectivity index (χ0n) is 19.8. The summed E-state index contributed by atoms with van der Waals surface area (Å²) in [6.45, 7) is 4.43. The summed E-state index contributed by atoms with van der Waals surface area (Å²) in [5.41, 5.74) is 4.91. The predicted molar refractivity (Wildman–Crippen MR) is 137 cm³/mol. The Hall–Kier alpha value is -4.26. The van der Waals surface area contributed by atoms with Gasteiger partial charge in [0.05, 0.1) is 5.52 Å². The van der Waals surface area contributed by atoms with Gasteiger partial charge in [-0.05, 0) is 55.3 Å². The van der Waals surface area contributed by atoms with Gasteiger partial charge in [0.1, 0.15) is 6.54 Å². The van der Waals surface area contributed by atoms with E-state index in [1.54, 1.807) is 6.07 Å². The van der Waals surface area contributed by atoms with Crippen LogP contribution in [0, 0.1) is 6.92 Å². The zero-order chi connectivity index (χ0) is 24.4. The summed E-state index contributed by atoms with van der Waals surface area (Å²) in [6, 6.07) is 21.2. The number of aryl methyl sites for hydroxylation is 2. The molecule has 1 aliphatic rings. The van der Waals surface area contributed by atoms with E-state index < -0.39 is 0 Å². The molecule has 5 rings (SSSR count). The van der Waals surface area contributed by atoms with Crippen molar-refractivity contribution in [3.63, 3.8) is 0 Å². The Bertz CT molecular complexity index is 1440. The van der Waals surface area contributed by atoms with Gasteiger partial charge < -0.3 is 20.1 Å². The van der Waals surface area contributed by atoms with Crippen molar-refractivity contribution in [3.8, 4) is 11.5 Å². The van der Waals surface area contributed by atoms with E-state index >= 15 is 0 Å². The largest absolute Gasteiger partial charge is 0.454 e. The highest BCUT2D eigenvalue weighted by Crippen LogP contribution is 2.36. The molecule has 1 amide bonds. The molecule has 178 valence electrons. The Morgan fingerprint density at radius 2 is 1.63 bits per heavy atom. The standard InChI is InChI=1S/C28H27N3O4/c1-3-19-6-10-22(11-7-19)29-15-21-12-20-13-25-26(35-17-34-25)14-24(20)31(28(21)33)16-27(32)30-23-8-4-18(2)5-9-23/h4-14,29H,3,15-17H2,1-2H3,(H,30,32). The van der Waals surface area contributed by atoms with Gasteiger partial charge in [-0.1, -0.05) is 36.8 Å². The molecule has 35 heavy (non-hydrogen) atoms. The third-order valence-corrected chi connectivity index (χ3v) is 6.14. The second-order valence-electron chi connectivity index (χ2n) is 8.64. The number of aromatic nitrogens is 1. The fourth-order valence-corrected chi connectivity index (χ4v) is 4.15. The highest BCUT2D eigenvalue weighted by atomic mass is 16.7. The van der Waals surface area contributed by atoms with Crippen molar-refractivity contribution in [2.24, 2.45) is 0 Å². The molecule has 7 nitrogen and oxygen atoms in total. The summed E-state index contributed by atoms with van der Waals surface area (Å²) in [7, 11) is 0. The zero-order valence-corrected chi connectivity index (χ0v) is 19.8. The highest BCUT2D eigenvalue weighted by molar-refractivity contribution is 5.92. The molecule has 2 heterocycles. The van der Waals surface area contributed by atoms with E-state index in [4.69, 9.17) is 9.47 Å². The average molecular weight is 470 g/mol. The van der Waals surface area contributed by atoms with Gasteiger partial charge in [-0.25, -0.2) is 0 Å². The number of fused-ring (bicyclic) bond motifs is 2. The minimum atomic E-state index is -0.282. The fourth-order valence-electron chi connectivity index (χ4n) is 4.15. The van der Waals surface area contributed by atoms with Gasteiger partial charge in [0, 0.05) is 34.9 Å². The topological polar surface area (TPSA) is 81.6 Å². The number of benzene rings is 3. The van der Waals surface area contributed by atoms with Crippen molar-refractivity contribution in [2.75, 3.05) is 17.4 Å². The molecule has 2 N–H and O–H groups in total. The highest BCUT2D eigenvalue weighted by Gasteiger charge is 2.19. The molecule has 4 aromatic rings. The first kappa shape index (κ1) is 22.5. The lowest BCUT2D eigenvalue weighted by atomic mass is 10.1. The predicted octanol–water partition coefficient (Wildman–Crippen LogP) is 4.85. The summed E-state index contributed by atoms with van der Waals surface area (Å²) in [5.74, 6) is 0.905. The van der Waals surface area contributed by atoms with Crippen LogP contribution in [0.5, 0.6) is 11.5 Å². The second kappa shape index (κ2) is 9.54. The quantitative estimate of drug-likeness (QED) is 0.404. The maximum absolute atomic E-state index is 13.5. The second-order valence-corrected chi connectivity index (χ2v) is 8.64. The molecular formula is C28H27N3O4. The van der Waals surface area contributed by atoms with Crippen LogP contribution in [0.1, 0.15) is 23.6 Å².